The van der Waals surface area contributed by atoms with Gasteiger partial charge in [-0.25, -0.2) is 9.97 Å². The van der Waals surface area contributed by atoms with E-state index in [4.69, 9.17) is 4.74 Å². The Hall–Kier alpha value is -2.32. The minimum absolute atomic E-state index is 0.525. The fourth-order valence-corrected chi connectivity index (χ4v) is 3.74. The molecule has 0 radical (unpaired) electrons. The van der Waals surface area contributed by atoms with E-state index in [1.165, 1.54) is 5.69 Å². The summed E-state index contributed by atoms with van der Waals surface area (Å²) in [5.74, 6) is 0. The highest BCUT2D eigenvalue weighted by atomic mass is 32.1. The van der Waals surface area contributed by atoms with Gasteiger partial charge in [0.25, 0.3) is 0 Å². The van der Waals surface area contributed by atoms with Crippen LogP contribution in [0.4, 0.5) is 10.8 Å². The van der Waals surface area contributed by atoms with Crippen LogP contribution in [0.15, 0.2) is 30.7 Å². The Labute approximate surface area is 143 Å². The smallest absolute Gasteiger partial charge is 0.208 e. The van der Waals surface area contributed by atoms with Crippen molar-refractivity contribution < 1.29 is 4.74 Å². The number of nitrogens with zero attached hydrogens (tertiary/aromatic N) is 6. The lowest BCUT2D eigenvalue weighted by atomic mass is 10.2. The van der Waals surface area contributed by atoms with Crippen molar-refractivity contribution in [2.45, 2.75) is 6.61 Å². The van der Waals surface area contributed by atoms with Gasteiger partial charge >= 0.3 is 0 Å². The van der Waals surface area contributed by atoms with Gasteiger partial charge in [-0.05, 0) is 18.2 Å². The van der Waals surface area contributed by atoms with Gasteiger partial charge in [0.1, 0.15) is 17.9 Å². The summed E-state index contributed by atoms with van der Waals surface area (Å²) in [4.78, 5) is 13.1. The Morgan fingerprint density at radius 3 is 2.79 bits per heavy atom. The molecule has 0 spiro atoms. The topological polar surface area (TPSA) is 67.3 Å². The maximum absolute atomic E-state index is 5.11. The van der Waals surface area contributed by atoms with Crippen molar-refractivity contribution in [2.24, 2.45) is 0 Å². The van der Waals surface area contributed by atoms with E-state index in [1.54, 1.807) is 24.8 Å². The largest absolute Gasteiger partial charge is 0.377 e. The van der Waals surface area contributed by atoms with Crippen LogP contribution < -0.4 is 9.80 Å². The molecule has 24 heavy (non-hydrogen) atoms. The van der Waals surface area contributed by atoms with Crippen LogP contribution in [0.5, 0.6) is 0 Å². The van der Waals surface area contributed by atoms with Gasteiger partial charge in [-0.1, -0.05) is 11.3 Å². The van der Waals surface area contributed by atoms with Crippen LogP contribution in [0.2, 0.25) is 0 Å². The molecule has 1 saturated heterocycles. The van der Waals surface area contributed by atoms with Gasteiger partial charge < -0.3 is 14.5 Å². The van der Waals surface area contributed by atoms with E-state index in [0.717, 1.165) is 47.2 Å². The Kier molecular flexibility index (Phi) is 4.22. The van der Waals surface area contributed by atoms with Crippen molar-refractivity contribution in [1.82, 2.24) is 20.2 Å². The van der Waals surface area contributed by atoms with E-state index in [1.807, 2.05) is 6.20 Å². The molecule has 3 heterocycles. The molecular formula is C16H18N6OS. The normalized spacial score (nSPS) is 15.2. The molecule has 4 rings (SSSR count). The van der Waals surface area contributed by atoms with Gasteiger partial charge in [-0.3, -0.25) is 0 Å². The zero-order valence-corrected chi connectivity index (χ0v) is 14.2. The van der Waals surface area contributed by atoms with Crippen molar-refractivity contribution in [2.75, 3.05) is 43.1 Å². The molecule has 7 nitrogen and oxygen atoms in total. The number of hydrogen-bond donors (Lipinski definition) is 0. The fourth-order valence-electron chi connectivity index (χ4n) is 2.88. The van der Waals surface area contributed by atoms with Crippen molar-refractivity contribution in [1.29, 1.82) is 0 Å². The summed E-state index contributed by atoms with van der Waals surface area (Å²) in [6.07, 6.45) is 3.45. The Bertz CT molecular complexity index is 830. The first-order chi connectivity index (χ1) is 11.8. The molecule has 0 amide bonds. The monoisotopic (exact) mass is 342 g/mol. The average Bonchev–Trinajstić information content (AvgIpc) is 3.10. The first-order valence-corrected chi connectivity index (χ1v) is 8.66. The van der Waals surface area contributed by atoms with Crippen molar-refractivity contribution in [3.8, 4) is 0 Å². The summed E-state index contributed by atoms with van der Waals surface area (Å²) in [7, 11) is 1.68. The molecular weight excluding hydrogens is 324 g/mol. The summed E-state index contributed by atoms with van der Waals surface area (Å²) in [5.41, 5.74) is 2.20. The molecule has 0 atom stereocenters. The molecule has 3 aromatic rings. The maximum atomic E-state index is 5.11. The number of rotatable bonds is 4. The minimum atomic E-state index is 0.525. The lowest BCUT2D eigenvalue weighted by Gasteiger charge is -2.35. The maximum Gasteiger partial charge on any atom is 0.208 e. The highest BCUT2D eigenvalue weighted by Crippen LogP contribution is 2.25. The number of piperazine rings is 1. The van der Waals surface area contributed by atoms with Crippen LogP contribution >= 0.6 is 11.3 Å². The number of hydrogen-bond acceptors (Lipinski definition) is 8. The summed E-state index contributed by atoms with van der Waals surface area (Å²) >= 11 is 1.61. The third-order valence-corrected chi connectivity index (χ3v) is 5.09. The van der Waals surface area contributed by atoms with Crippen molar-refractivity contribution in [3.05, 3.63) is 35.7 Å². The van der Waals surface area contributed by atoms with Gasteiger partial charge in [-0.2, -0.15) is 0 Å². The molecule has 1 fully saturated rings. The van der Waals surface area contributed by atoms with E-state index in [9.17, 15) is 0 Å². The predicted octanol–water partition coefficient (Wildman–Crippen LogP) is 1.95. The molecule has 0 saturated carbocycles. The first kappa shape index (κ1) is 15.2. The van der Waals surface area contributed by atoms with Crippen LogP contribution in [0.25, 0.3) is 10.9 Å². The summed E-state index contributed by atoms with van der Waals surface area (Å²) in [6, 6.07) is 6.35. The Morgan fingerprint density at radius 1 is 1.12 bits per heavy atom. The van der Waals surface area contributed by atoms with E-state index < -0.39 is 0 Å². The molecule has 1 aliphatic rings. The van der Waals surface area contributed by atoms with Gasteiger partial charge in [0.2, 0.25) is 5.13 Å². The molecule has 0 N–H and O–H groups in total. The molecule has 1 aromatic carbocycles. The van der Waals surface area contributed by atoms with Crippen LogP contribution in [0.3, 0.4) is 0 Å². The average molecular weight is 342 g/mol. The van der Waals surface area contributed by atoms with E-state index >= 15 is 0 Å². The van der Waals surface area contributed by atoms with Gasteiger partial charge in [0.05, 0.1) is 5.52 Å². The minimum Gasteiger partial charge on any atom is -0.377 e. The molecule has 0 unspecified atom stereocenters. The van der Waals surface area contributed by atoms with Crippen LogP contribution in [0.1, 0.15) is 5.01 Å². The van der Waals surface area contributed by atoms with Crippen molar-refractivity contribution in [3.63, 3.8) is 0 Å². The number of benzene rings is 1. The summed E-state index contributed by atoms with van der Waals surface area (Å²) in [5, 5.41) is 11.4. The molecule has 0 bridgehead atoms. The third-order valence-electron chi connectivity index (χ3n) is 4.13. The lowest BCUT2D eigenvalue weighted by Crippen LogP contribution is -2.46. The van der Waals surface area contributed by atoms with Crippen molar-refractivity contribution >= 4 is 33.1 Å². The van der Waals surface area contributed by atoms with E-state index in [2.05, 4.69) is 48.2 Å². The number of ether oxygens (including phenoxy) is 1. The van der Waals surface area contributed by atoms with Gasteiger partial charge in [-0.15, -0.1) is 10.2 Å². The number of anilines is 2. The molecule has 8 heteroatoms. The molecule has 2 aromatic heterocycles. The zero-order chi connectivity index (χ0) is 16.4. The predicted molar refractivity (Wildman–Crippen MR) is 94.6 cm³/mol. The number of aromatic nitrogens is 4. The lowest BCUT2D eigenvalue weighted by molar-refractivity contribution is 0.184. The van der Waals surface area contributed by atoms with Gasteiger partial charge in [0, 0.05) is 50.6 Å². The van der Waals surface area contributed by atoms with E-state index in [0.29, 0.717) is 6.61 Å². The molecule has 124 valence electrons. The second-order valence-electron chi connectivity index (χ2n) is 5.65. The Morgan fingerprint density at radius 2 is 1.96 bits per heavy atom. The van der Waals surface area contributed by atoms with Gasteiger partial charge in [0.15, 0.2) is 0 Å². The Balaban J connectivity index is 1.44. The van der Waals surface area contributed by atoms with Crippen LogP contribution in [-0.4, -0.2) is 53.5 Å². The van der Waals surface area contributed by atoms with Crippen LogP contribution in [0, 0.1) is 0 Å². The summed E-state index contributed by atoms with van der Waals surface area (Å²) in [6.45, 7) is 4.31. The summed E-state index contributed by atoms with van der Waals surface area (Å²) < 4.78 is 5.11. The van der Waals surface area contributed by atoms with Crippen LogP contribution in [-0.2, 0) is 11.3 Å². The molecule has 1 aliphatic heterocycles. The molecule has 0 aliphatic carbocycles. The number of fused-ring (bicyclic) bond motifs is 1. The SMILES string of the molecule is COCc1nnc(N2CCN(c3ccc4ncncc4c3)CC2)s1. The van der Waals surface area contributed by atoms with E-state index in [-0.39, 0.29) is 0 Å². The quantitative estimate of drug-likeness (QED) is 0.718. The second kappa shape index (κ2) is 6.66. The second-order valence-corrected chi connectivity index (χ2v) is 6.69. The zero-order valence-electron chi connectivity index (χ0n) is 13.4. The highest BCUT2D eigenvalue weighted by molar-refractivity contribution is 7.15. The standard InChI is InChI=1S/C16H18N6OS/c1-23-10-15-19-20-16(24-15)22-6-4-21(5-7-22)13-2-3-14-12(8-13)9-17-11-18-14/h2-3,8-9,11H,4-7,10H2,1H3. The fraction of sp³-hybridized carbons (Fsp3) is 0.375. The third kappa shape index (κ3) is 3.02. The highest BCUT2D eigenvalue weighted by Gasteiger charge is 2.20. The number of methoxy groups -OCH3 is 1. The first-order valence-electron chi connectivity index (χ1n) is 7.84.